The van der Waals surface area contributed by atoms with Crippen LogP contribution in [0.4, 0.5) is 4.79 Å². The van der Waals surface area contributed by atoms with Crippen molar-refractivity contribution >= 4 is 27.2 Å². The maximum absolute atomic E-state index is 12.1. The second-order valence-corrected chi connectivity index (χ2v) is 8.59. The minimum absolute atomic E-state index is 0.0854. The highest BCUT2D eigenvalue weighted by Crippen LogP contribution is 2.32. The van der Waals surface area contributed by atoms with E-state index in [9.17, 15) is 13.2 Å². The number of fused-ring (bicyclic) bond motifs is 1. The van der Waals surface area contributed by atoms with Crippen molar-refractivity contribution in [2.45, 2.75) is 24.4 Å². The van der Waals surface area contributed by atoms with Gasteiger partial charge in [-0.15, -0.1) is 11.3 Å². The molecule has 0 radical (unpaired) electrons. The van der Waals surface area contributed by atoms with Crippen molar-refractivity contribution in [3.05, 3.63) is 51.7 Å². The summed E-state index contributed by atoms with van der Waals surface area (Å²) in [4.78, 5) is 14.6. The van der Waals surface area contributed by atoms with Crippen LogP contribution in [0.2, 0.25) is 0 Å². The summed E-state index contributed by atoms with van der Waals surface area (Å²) in [7, 11) is -3.30. The summed E-state index contributed by atoms with van der Waals surface area (Å²) in [5.74, 6) is -0.0854. The first-order chi connectivity index (χ1) is 10.5. The van der Waals surface area contributed by atoms with Gasteiger partial charge in [-0.2, -0.15) is 0 Å². The number of amides is 2. The molecule has 1 aliphatic rings. The van der Waals surface area contributed by atoms with Gasteiger partial charge in [-0.1, -0.05) is 18.2 Å². The van der Waals surface area contributed by atoms with Gasteiger partial charge in [-0.05, 0) is 30.7 Å². The van der Waals surface area contributed by atoms with E-state index in [2.05, 4.69) is 10.6 Å². The van der Waals surface area contributed by atoms with Gasteiger partial charge in [0.15, 0.2) is 9.84 Å². The fourth-order valence-electron chi connectivity index (χ4n) is 2.53. The van der Waals surface area contributed by atoms with Crippen LogP contribution in [0.1, 0.15) is 21.4 Å². The summed E-state index contributed by atoms with van der Waals surface area (Å²) in [6.07, 6.45) is 0. The van der Waals surface area contributed by atoms with Crippen molar-refractivity contribution in [2.75, 3.05) is 5.75 Å². The molecule has 2 heterocycles. The molecule has 0 bridgehead atoms. The van der Waals surface area contributed by atoms with Crippen LogP contribution >= 0.6 is 11.3 Å². The van der Waals surface area contributed by atoms with Crippen molar-refractivity contribution in [3.8, 4) is 0 Å². The van der Waals surface area contributed by atoms with E-state index in [1.807, 2.05) is 19.1 Å². The normalized spacial score (nSPS) is 18.7. The van der Waals surface area contributed by atoms with Gasteiger partial charge in [0.25, 0.3) is 0 Å². The molecule has 5 nitrogen and oxygen atoms in total. The van der Waals surface area contributed by atoms with Crippen molar-refractivity contribution in [1.82, 2.24) is 10.6 Å². The van der Waals surface area contributed by atoms with Gasteiger partial charge in [-0.25, -0.2) is 13.2 Å². The largest absolute Gasteiger partial charge is 0.333 e. The molecule has 0 unspecified atom stereocenters. The number of rotatable bonds is 3. The van der Waals surface area contributed by atoms with E-state index in [4.69, 9.17) is 0 Å². The summed E-state index contributed by atoms with van der Waals surface area (Å²) in [6.45, 7) is 2.44. The first kappa shape index (κ1) is 15.1. The molecule has 0 fully saturated rings. The van der Waals surface area contributed by atoms with Crippen LogP contribution in [0.15, 0.2) is 41.3 Å². The number of hydrogen-bond donors (Lipinski definition) is 2. The molecule has 2 N–H and O–H groups in total. The smallest absolute Gasteiger partial charge is 0.315 e. The highest BCUT2D eigenvalue weighted by Gasteiger charge is 2.35. The van der Waals surface area contributed by atoms with Gasteiger partial charge in [0.1, 0.15) is 0 Å². The Morgan fingerprint density at radius 3 is 2.77 bits per heavy atom. The highest BCUT2D eigenvalue weighted by atomic mass is 32.2. The lowest BCUT2D eigenvalue weighted by Gasteiger charge is -2.13. The molecule has 0 spiro atoms. The van der Waals surface area contributed by atoms with Crippen LogP contribution in [0.5, 0.6) is 0 Å². The zero-order valence-corrected chi connectivity index (χ0v) is 13.6. The number of urea groups is 1. The third-order valence-corrected chi connectivity index (χ3v) is 6.35. The Balaban J connectivity index is 1.65. The number of aryl methyl sites for hydroxylation is 1. The number of carbonyl (C=O) groups excluding carboxylic acids is 1. The van der Waals surface area contributed by atoms with Crippen LogP contribution in [-0.2, 0) is 16.4 Å². The van der Waals surface area contributed by atoms with Crippen molar-refractivity contribution < 1.29 is 13.2 Å². The van der Waals surface area contributed by atoms with Gasteiger partial charge in [0.2, 0.25) is 0 Å². The minimum Gasteiger partial charge on any atom is -0.333 e. The Morgan fingerprint density at radius 1 is 1.27 bits per heavy atom. The van der Waals surface area contributed by atoms with E-state index in [1.165, 1.54) is 4.88 Å². The Bertz CT molecular complexity index is 812. The van der Waals surface area contributed by atoms with Gasteiger partial charge in [-0.3, -0.25) is 0 Å². The lowest BCUT2D eigenvalue weighted by molar-refractivity contribution is 0.238. The Kier molecular flexibility index (Phi) is 3.92. The monoisotopic (exact) mass is 336 g/mol. The summed E-state index contributed by atoms with van der Waals surface area (Å²) in [5.41, 5.74) is 0.657. The summed E-state index contributed by atoms with van der Waals surface area (Å²) < 4.78 is 24.1. The predicted molar refractivity (Wildman–Crippen MR) is 85.7 cm³/mol. The standard InChI is InChI=1S/C15H16N2O3S2/c1-10-6-7-11(21-10)8-16-15(18)17-13-9-22(19,20)14-5-3-2-4-12(13)14/h2-7,13H,8-9H2,1H3,(H2,16,17,18)/t13-/m0/s1. The molecule has 1 aliphatic heterocycles. The van der Waals surface area contributed by atoms with Gasteiger partial charge in [0, 0.05) is 9.75 Å². The fourth-order valence-corrected chi connectivity index (χ4v) is 5.09. The molecule has 0 saturated carbocycles. The average Bonchev–Trinajstić information content (AvgIpc) is 2.99. The minimum atomic E-state index is -3.30. The number of benzene rings is 1. The number of sulfone groups is 1. The molecule has 1 aromatic heterocycles. The van der Waals surface area contributed by atoms with Crippen LogP contribution in [0, 0.1) is 6.92 Å². The third-order valence-electron chi connectivity index (χ3n) is 3.54. The average molecular weight is 336 g/mol. The highest BCUT2D eigenvalue weighted by molar-refractivity contribution is 7.91. The van der Waals surface area contributed by atoms with Crippen LogP contribution in [0.25, 0.3) is 0 Å². The number of thiophene rings is 1. The van der Waals surface area contributed by atoms with Crippen molar-refractivity contribution in [1.29, 1.82) is 0 Å². The van der Waals surface area contributed by atoms with Crippen LogP contribution in [-0.4, -0.2) is 20.2 Å². The number of nitrogens with one attached hydrogen (secondary N) is 2. The lowest BCUT2D eigenvalue weighted by atomic mass is 10.1. The second kappa shape index (κ2) is 5.73. The van der Waals surface area contributed by atoms with Crippen LogP contribution < -0.4 is 10.6 Å². The molecule has 116 valence electrons. The first-order valence-electron chi connectivity index (χ1n) is 6.87. The van der Waals surface area contributed by atoms with E-state index < -0.39 is 15.9 Å². The number of hydrogen-bond acceptors (Lipinski definition) is 4. The third kappa shape index (κ3) is 3.00. The molecule has 0 aliphatic carbocycles. The molecular formula is C15H16N2O3S2. The molecule has 2 amide bonds. The van der Waals surface area contributed by atoms with E-state index >= 15 is 0 Å². The molecule has 1 atom stereocenters. The fraction of sp³-hybridized carbons (Fsp3) is 0.267. The van der Waals surface area contributed by atoms with E-state index in [0.717, 1.165) is 4.88 Å². The quantitative estimate of drug-likeness (QED) is 0.904. The molecular weight excluding hydrogens is 320 g/mol. The first-order valence-corrected chi connectivity index (χ1v) is 9.34. The SMILES string of the molecule is Cc1ccc(CNC(=O)N[C@H]2CS(=O)(=O)c3ccccc32)s1. The summed E-state index contributed by atoms with van der Waals surface area (Å²) in [6, 6.07) is 9.91. The molecule has 1 aromatic carbocycles. The molecule has 0 saturated heterocycles. The molecule has 22 heavy (non-hydrogen) atoms. The Labute approximate surface area is 133 Å². The van der Waals surface area contributed by atoms with Crippen molar-refractivity contribution in [2.24, 2.45) is 0 Å². The zero-order chi connectivity index (χ0) is 15.7. The maximum atomic E-state index is 12.1. The molecule has 3 rings (SSSR count). The topological polar surface area (TPSA) is 75.3 Å². The lowest BCUT2D eigenvalue weighted by Crippen LogP contribution is -2.38. The van der Waals surface area contributed by atoms with Gasteiger partial charge < -0.3 is 10.6 Å². The Morgan fingerprint density at radius 2 is 2.05 bits per heavy atom. The van der Waals surface area contributed by atoms with E-state index in [1.54, 1.807) is 35.6 Å². The zero-order valence-electron chi connectivity index (χ0n) is 12.0. The summed E-state index contributed by atoms with van der Waals surface area (Å²) in [5, 5.41) is 5.51. The van der Waals surface area contributed by atoms with Crippen molar-refractivity contribution in [3.63, 3.8) is 0 Å². The van der Waals surface area contributed by atoms with Gasteiger partial charge >= 0.3 is 6.03 Å². The van der Waals surface area contributed by atoms with Gasteiger partial charge in [0.05, 0.1) is 23.2 Å². The van der Waals surface area contributed by atoms with E-state index in [-0.39, 0.29) is 11.8 Å². The van der Waals surface area contributed by atoms with Crippen LogP contribution in [0.3, 0.4) is 0 Å². The number of carbonyl (C=O) groups is 1. The molecule has 7 heteroatoms. The molecule has 2 aromatic rings. The maximum Gasteiger partial charge on any atom is 0.315 e. The van der Waals surface area contributed by atoms with E-state index in [0.29, 0.717) is 17.0 Å². The predicted octanol–water partition coefficient (Wildman–Crippen LogP) is 2.38. The second-order valence-electron chi connectivity index (χ2n) is 5.21. The summed E-state index contributed by atoms with van der Waals surface area (Å²) >= 11 is 1.62. The Hall–Kier alpha value is -1.86.